The predicted octanol–water partition coefficient (Wildman–Crippen LogP) is 4.48. The number of nitrogens with one attached hydrogen (secondary N) is 2. The second kappa shape index (κ2) is 10.2. The van der Waals surface area contributed by atoms with Gasteiger partial charge in [0.25, 0.3) is 5.91 Å². The topological polar surface area (TPSA) is 109 Å². The third-order valence-corrected chi connectivity index (χ3v) is 5.93. The summed E-state index contributed by atoms with van der Waals surface area (Å²) in [6.07, 6.45) is 1.32. The number of fused-ring (bicyclic) bond motifs is 1. The molecule has 4 rings (SSSR count). The molecule has 0 bridgehead atoms. The molecule has 0 spiro atoms. The standard InChI is InChI=1S/C26H26ClN5O3/c1-15-12-16(2)21(26(35)28-11-10-23(34)18-4-6-19(27)7-5-18)13-20(15)22-8-9-25-30-24(29-17(3)33)14-32(25)31-22/h4-9,12-14,23,34H,10-11H2,1-3H3,(H,28,35)(H,29,33)/t23-/m1/s1. The zero-order valence-corrected chi connectivity index (χ0v) is 20.4. The van der Waals surface area contributed by atoms with Gasteiger partial charge in [0, 0.05) is 29.6 Å². The zero-order valence-electron chi connectivity index (χ0n) is 19.7. The Labute approximate surface area is 208 Å². The number of anilines is 1. The van der Waals surface area contributed by atoms with Crippen molar-refractivity contribution in [2.75, 3.05) is 11.9 Å². The fourth-order valence-electron chi connectivity index (χ4n) is 3.91. The molecule has 1 atom stereocenters. The van der Waals surface area contributed by atoms with E-state index in [1.807, 2.05) is 38.1 Å². The summed E-state index contributed by atoms with van der Waals surface area (Å²) in [5.41, 5.74) is 5.20. The van der Waals surface area contributed by atoms with Crippen molar-refractivity contribution in [3.8, 4) is 11.3 Å². The molecule has 2 aromatic carbocycles. The maximum Gasteiger partial charge on any atom is 0.251 e. The minimum absolute atomic E-state index is 0.209. The highest BCUT2D eigenvalue weighted by molar-refractivity contribution is 6.30. The highest BCUT2D eigenvalue weighted by Gasteiger charge is 2.16. The van der Waals surface area contributed by atoms with E-state index in [1.165, 1.54) is 6.92 Å². The van der Waals surface area contributed by atoms with Crippen molar-refractivity contribution in [3.63, 3.8) is 0 Å². The number of aryl methyl sites for hydroxylation is 2. The molecule has 2 aromatic heterocycles. The minimum Gasteiger partial charge on any atom is -0.388 e. The summed E-state index contributed by atoms with van der Waals surface area (Å²) in [6.45, 7) is 5.59. The number of halogens is 1. The van der Waals surface area contributed by atoms with Gasteiger partial charge in [-0.15, -0.1) is 0 Å². The fraction of sp³-hybridized carbons (Fsp3) is 0.231. The van der Waals surface area contributed by atoms with Crippen molar-refractivity contribution >= 4 is 34.9 Å². The molecule has 8 nitrogen and oxygen atoms in total. The summed E-state index contributed by atoms with van der Waals surface area (Å²) in [7, 11) is 0. The minimum atomic E-state index is -0.698. The van der Waals surface area contributed by atoms with Crippen LogP contribution in [0.3, 0.4) is 0 Å². The molecular weight excluding hydrogens is 466 g/mol. The van der Waals surface area contributed by atoms with Gasteiger partial charge in [-0.3, -0.25) is 9.59 Å². The zero-order chi connectivity index (χ0) is 25.1. The van der Waals surface area contributed by atoms with Crippen LogP contribution in [0.25, 0.3) is 16.9 Å². The Bertz CT molecular complexity index is 1400. The molecule has 0 radical (unpaired) electrons. The average molecular weight is 492 g/mol. The van der Waals surface area contributed by atoms with Gasteiger partial charge in [-0.2, -0.15) is 5.10 Å². The van der Waals surface area contributed by atoms with Crippen LogP contribution in [0.5, 0.6) is 0 Å². The SMILES string of the molecule is CC(=O)Nc1cn2nc(-c3cc(C(=O)NCC[C@@H](O)c4ccc(Cl)cc4)c(C)cc3C)ccc2n1. The van der Waals surface area contributed by atoms with E-state index in [0.717, 1.165) is 22.3 Å². The molecule has 0 saturated carbocycles. The van der Waals surface area contributed by atoms with Crippen LogP contribution < -0.4 is 10.6 Å². The normalized spacial score (nSPS) is 11.9. The molecule has 0 unspecified atom stereocenters. The quantitative estimate of drug-likeness (QED) is 0.353. The Morgan fingerprint density at radius 2 is 1.83 bits per heavy atom. The van der Waals surface area contributed by atoms with Crippen molar-refractivity contribution in [2.24, 2.45) is 0 Å². The van der Waals surface area contributed by atoms with E-state index in [0.29, 0.717) is 40.7 Å². The summed E-state index contributed by atoms with van der Waals surface area (Å²) < 4.78 is 1.60. The Kier molecular flexibility index (Phi) is 7.14. The molecule has 4 aromatic rings. The lowest BCUT2D eigenvalue weighted by atomic mass is 9.97. The molecule has 2 amide bonds. The number of hydrogen-bond donors (Lipinski definition) is 3. The van der Waals surface area contributed by atoms with E-state index in [2.05, 4.69) is 20.7 Å². The second-order valence-corrected chi connectivity index (χ2v) is 8.86. The maximum atomic E-state index is 13.0. The number of carbonyl (C=O) groups is 2. The summed E-state index contributed by atoms with van der Waals surface area (Å²) in [6, 6.07) is 14.4. The Morgan fingerprint density at radius 1 is 1.09 bits per heavy atom. The Morgan fingerprint density at radius 3 is 2.54 bits per heavy atom. The van der Waals surface area contributed by atoms with Gasteiger partial charge < -0.3 is 15.7 Å². The van der Waals surface area contributed by atoms with Crippen molar-refractivity contribution in [1.29, 1.82) is 0 Å². The van der Waals surface area contributed by atoms with E-state index in [-0.39, 0.29) is 11.8 Å². The number of imidazole rings is 1. The number of carbonyl (C=O) groups excluding carboxylic acids is 2. The first-order chi connectivity index (χ1) is 16.7. The summed E-state index contributed by atoms with van der Waals surface area (Å²) in [5.74, 6) is -0.00770. The van der Waals surface area contributed by atoms with Crippen molar-refractivity contribution in [1.82, 2.24) is 19.9 Å². The lowest BCUT2D eigenvalue weighted by molar-refractivity contribution is -0.114. The lowest BCUT2D eigenvalue weighted by Crippen LogP contribution is -2.26. The maximum absolute atomic E-state index is 13.0. The molecule has 0 aliphatic rings. The first kappa shape index (κ1) is 24.4. The van der Waals surface area contributed by atoms with E-state index in [9.17, 15) is 14.7 Å². The number of nitrogens with zero attached hydrogens (tertiary/aromatic N) is 3. The Hall–Kier alpha value is -3.75. The van der Waals surface area contributed by atoms with E-state index in [4.69, 9.17) is 11.6 Å². The van der Waals surface area contributed by atoms with Crippen molar-refractivity contribution in [2.45, 2.75) is 33.3 Å². The van der Waals surface area contributed by atoms with E-state index >= 15 is 0 Å². The van der Waals surface area contributed by atoms with Crippen LogP contribution in [0.2, 0.25) is 5.02 Å². The smallest absolute Gasteiger partial charge is 0.251 e. The van der Waals surface area contributed by atoms with Crippen LogP contribution in [0, 0.1) is 13.8 Å². The number of aliphatic hydroxyl groups excluding tert-OH is 1. The van der Waals surface area contributed by atoms with E-state index < -0.39 is 6.10 Å². The van der Waals surface area contributed by atoms with Gasteiger partial charge in [-0.1, -0.05) is 29.8 Å². The molecule has 2 heterocycles. The molecule has 0 aliphatic carbocycles. The molecule has 3 N–H and O–H groups in total. The molecular formula is C26H26ClN5O3. The Balaban J connectivity index is 1.50. The molecule has 9 heteroatoms. The first-order valence-corrected chi connectivity index (χ1v) is 11.6. The summed E-state index contributed by atoms with van der Waals surface area (Å²) >= 11 is 5.90. The lowest BCUT2D eigenvalue weighted by Gasteiger charge is -2.14. The third kappa shape index (κ3) is 5.67. The van der Waals surface area contributed by atoms with Gasteiger partial charge >= 0.3 is 0 Å². The van der Waals surface area contributed by atoms with Crippen molar-refractivity contribution < 1.29 is 14.7 Å². The third-order valence-electron chi connectivity index (χ3n) is 5.67. The van der Waals surface area contributed by atoms with Gasteiger partial charge in [-0.05, 0) is 67.3 Å². The van der Waals surface area contributed by atoms with Crippen molar-refractivity contribution in [3.05, 3.63) is 82.0 Å². The van der Waals surface area contributed by atoms with Gasteiger partial charge in [0.15, 0.2) is 11.5 Å². The van der Waals surface area contributed by atoms with Crippen LogP contribution in [-0.2, 0) is 4.79 Å². The largest absolute Gasteiger partial charge is 0.388 e. The molecule has 35 heavy (non-hydrogen) atoms. The van der Waals surface area contributed by atoms with E-state index in [1.54, 1.807) is 35.0 Å². The van der Waals surface area contributed by atoms with Crippen LogP contribution >= 0.6 is 11.6 Å². The van der Waals surface area contributed by atoms with Crippen LogP contribution in [0.15, 0.2) is 54.7 Å². The molecule has 0 fully saturated rings. The van der Waals surface area contributed by atoms with Gasteiger partial charge in [0.05, 0.1) is 18.0 Å². The molecule has 180 valence electrons. The first-order valence-electron chi connectivity index (χ1n) is 11.2. The highest BCUT2D eigenvalue weighted by Crippen LogP contribution is 2.26. The van der Waals surface area contributed by atoms with Crippen LogP contribution in [0.1, 0.15) is 46.5 Å². The van der Waals surface area contributed by atoms with Gasteiger partial charge in [-0.25, -0.2) is 9.50 Å². The van der Waals surface area contributed by atoms with Gasteiger partial charge in [0.1, 0.15) is 0 Å². The molecule has 0 saturated heterocycles. The summed E-state index contributed by atoms with van der Waals surface area (Å²) in [4.78, 5) is 28.6. The highest BCUT2D eigenvalue weighted by atomic mass is 35.5. The number of aromatic nitrogens is 3. The predicted molar refractivity (Wildman–Crippen MR) is 136 cm³/mol. The number of hydrogen-bond acceptors (Lipinski definition) is 5. The fourth-order valence-corrected chi connectivity index (χ4v) is 4.03. The molecule has 0 aliphatic heterocycles. The van der Waals surface area contributed by atoms with Crippen LogP contribution in [-0.4, -0.2) is 38.1 Å². The van der Waals surface area contributed by atoms with Gasteiger partial charge in [0.2, 0.25) is 5.91 Å². The number of amides is 2. The number of rotatable bonds is 7. The second-order valence-electron chi connectivity index (χ2n) is 8.42. The average Bonchev–Trinajstić information content (AvgIpc) is 3.20. The number of benzene rings is 2. The number of aliphatic hydroxyl groups is 1. The monoisotopic (exact) mass is 491 g/mol. The summed E-state index contributed by atoms with van der Waals surface area (Å²) in [5, 5.41) is 21.2. The van der Waals surface area contributed by atoms with Crippen LogP contribution in [0.4, 0.5) is 5.82 Å².